The van der Waals surface area contributed by atoms with Gasteiger partial charge in [-0.1, -0.05) is 41.9 Å². The first-order chi connectivity index (χ1) is 17.4. The first-order valence-electron chi connectivity index (χ1n) is 12.3. The maximum absolute atomic E-state index is 14.0. The average molecular weight is 513 g/mol. The van der Waals surface area contributed by atoms with Crippen LogP contribution in [0.4, 0.5) is 5.69 Å². The molecular weight excluding hydrogens is 484 g/mol. The Morgan fingerprint density at radius 1 is 1.22 bits per heavy atom. The second-order valence-electron chi connectivity index (χ2n) is 9.58. The van der Waals surface area contributed by atoms with Gasteiger partial charge in [0.25, 0.3) is 0 Å². The van der Waals surface area contributed by atoms with E-state index < -0.39 is 47.5 Å². The number of fused-ring (bicyclic) bond motifs is 1. The number of likely N-dealkylation sites (tertiary alicyclic amines) is 1. The molecule has 2 unspecified atom stereocenters. The van der Waals surface area contributed by atoms with Gasteiger partial charge in [0.15, 0.2) is 0 Å². The van der Waals surface area contributed by atoms with Crippen LogP contribution in [0.15, 0.2) is 54.6 Å². The van der Waals surface area contributed by atoms with E-state index in [9.17, 15) is 19.5 Å². The summed E-state index contributed by atoms with van der Waals surface area (Å²) in [5, 5.41) is 13.8. The van der Waals surface area contributed by atoms with Gasteiger partial charge in [0, 0.05) is 10.7 Å². The number of ether oxygens (including phenoxy) is 2. The number of hydrogen-bond acceptors (Lipinski definition) is 6. The summed E-state index contributed by atoms with van der Waals surface area (Å²) in [6.07, 6.45) is 0.883. The SMILES string of the molecule is CCOC(=O)[C@@H]1[C@@H]2CCC3(O2)C(C(=O)Nc2ccc(Cl)cc2)N([C@@H](CO)Cc2ccccc2)C(=O)[C@H]13. The molecule has 3 saturated heterocycles. The van der Waals surface area contributed by atoms with Crippen LogP contribution in [0, 0.1) is 11.8 Å². The van der Waals surface area contributed by atoms with Gasteiger partial charge in [-0.2, -0.15) is 0 Å². The number of carbonyl (C=O) groups is 3. The minimum Gasteiger partial charge on any atom is -0.466 e. The summed E-state index contributed by atoms with van der Waals surface area (Å²) in [6, 6.07) is 14.5. The molecule has 0 aliphatic carbocycles. The number of hydrogen-bond donors (Lipinski definition) is 2. The van der Waals surface area contributed by atoms with Crippen molar-refractivity contribution in [3.8, 4) is 0 Å². The van der Waals surface area contributed by atoms with Gasteiger partial charge in [0.05, 0.1) is 37.2 Å². The van der Waals surface area contributed by atoms with Crippen molar-refractivity contribution in [3.63, 3.8) is 0 Å². The number of carbonyl (C=O) groups excluding carboxylic acids is 3. The first kappa shape index (κ1) is 24.7. The molecule has 2 N–H and O–H groups in total. The van der Waals surface area contributed by atoms with E-state index in [4.69, 9.17) is 21.1 Å². The number of esters is 1. The van der Waals surface area contributed by atoms with Gasteiger partial charge in [-0.3, -0.25) is 14.4 Å². The monoisotopic (exact) mass is 512 g/mol. The smallest absolute Gasteiger partial charge is 0.312 e. The number of amides is 2. The minimum atomic E-state index is -1.17. The molecule has 2 aromatic rings. The maximum atomic E-state index is 14.0. The molecule has 8 nitrogen and oxygen atoms in total. The van der Waals surface area contributed by atoms with Crippen molar-refractivity contribution >= 4 is 35.1 Å². The lowest BCUT2D eigenvalue weighted by molar-refractivity contribution is -0.155. The zero-order chi connectivity index (χ0) is 25.4. The van der Waals surface area contributed by atoms with E-state index in [0.717, 1.165) is 5.56 Å². The summed E-state index contributed by atoms with van der Waals surface area (Å²) >= 11 is 5.99. The fraction of sp³-hybridized carbons (Fsp3) is 0.444. The molecule has 0 aromatic heterocycles. The van der Waals surface area contributed by atoms with E-state index in [1.54, 1.807) is 31.2 Å². The number of aliphatic hydroxyl groups excluding tert-OH is 1. The zero-order valence-corrected chi connectivity index (χ0v) is 20.7. The van der Waals surface area contributed by atoms with Crippen LogP contribution in [0.25, 0.3) is 0 Å². The van der Waals surface area contributed by atoms with Gasteiger partial charge >= 0.3 is 5.97 Å². The highest BCUT2D eigenvalue weighted by Crippen LogP contribution is 2.59. The molecule has 36 heavy (non-hydrogen) atoms. The van der Waals surface area contributed by atoms with Crippen LogP contribution < -0.4 is 5.32 Å². The average Bonchev–Trinajstić information content (AvgIpc) is 3.52. The van der Waals surface area contributed by atoms with Crippen molar-refractivity contribution in [2.45, 2.75) is 50.0 Å². The fourth-order valence-corrected chi connectivity index (χ4v) is 6.30. The molecule has 3 aliphatic heterocycles. The van der Waals surface area contributed by atoms with Gasteiger partial charge in [-0.25, -0.2) is 0 Å². The third-order valence-corrected chi connectivity index (χ3v) is 7.83. The highest BCUT2D eigenvalue weighted by Gasteiger charge is 2.75. The van der Waals surface area contributed by atoms with Crippen molar-refractivity contribution in [1.29, 1.82) is 0 Å². The Labute approximate surface area is 214 Å². The van der Waals surface area contributed by atoms with Crippen LogP contribution >= 0.6 is 11.6 Å². The van der Waals surface area contributed by atoms with Gasteiger partial charge in [0.1, 0.15) is 11.6 Å². The molecule has 2 aromatic carbocycles. The number of anilines is 1. The number of nitrogens with one attached hydrogen (secondary N) is 1. The summed E-state index contributed by atoms with van der Waals surface area (Å²) in [4.78, 5) is 42.2. The van der Waals surface area contributed by atoms with E-state index >= 15 is 0 Å². The van der Waals surface area contributed by atoms with Gasteiger partial charge in [-0.05, 0) is 56.0 Å². The number of aliphatic hydroxyl groups is 1. The summed E-state index contributed by atoms with van der Waals surface area (Å²) in [7, 11) is 0. The maximum Gasteiger partial charge on any atom is 0.312 e. The standard InChI is InChI=1S/C27H29ClN2O6/c1-2-35-26(34)21-20-12-13-27(36-20)22(21)25(33)30(19(15-31)14-16-6-4-3-5-7-16)23(27)24(32)29-18-10-8-17(28)9-11-18/h3-11,19-23,31H,2,12-15H2,1H3,(H,29,32)/t19-,20+,21-,22+,23?,27?/m1/s1. The fourth-order valence-electron chi connectivity index (χ4n) is 6.17. The lowest BCUT2D eigenvalue weighted by atomic mass is 9.70. The van der Waals surface area contributed by atoms with Crippen molar-refractivity contribution in [2.75, 3.05) is 18.5 Å². The largest absolute Gasteiger partial charge is 0.466 e. The third-order valence-electron chi connectivity index (χ3n) is 7.58. The Morgan fingerprint density at radius 3 is 2.61 bits per heavy atom. The predicted molar refractivity (Wildman–Crippen MR) is 132 cm³/mol. The van der Waals surface area contributed by atoms with Crippen LogP contribution in [0.2, 0.25) is 5.02 Å². The molecule has 0 saturated carbocycles. The molecule has 3 heterocycles. The van der Waals surface area contributed by atoms with Gasteiger partial charge in [0.2, 0.25) is 11.8 Å². The van der Waals surface area contributed by atoms with E-state index in [2.05, 4.69) is 5.32 Å². The van der Waals surface area contributed by atoms with Gasteiger partial charge < -0.3 is 24.8 Å². The summed E-state index contributed by atoms with van der Waals surface area (Å²) < 4.78 is 11.7. The van der Waals surface area contributed by atoms with Crippen molar-refractivity contribution in [3.05, 3.63) is 65.2 Å². The van der Waals surface area contributed by atoms with E-state index in [1.165, 1.54) is 4.90 Å². The molecule has 1 spiro atoms. The Kier molecular flexibility index (Phi) is 6.76. The van der Waals surface area contributed by atoms with Gasteiger partial charge in [-0.15, -0.1) is 0 Å². The normalized spacial score (nSPS) is 29.2. The molecular formula is C27H29ClN2O6. The number of benzene rings is 2. The van der Waals surface area contributed by atoms with Crippen LogP contribution in [0.3, 0.4) is 0 Å². The summed E-state index contributed by atoms with van der Waals surface area (Å²) in [5.41, 5.74) is 0.275. The number of nitrogens with zero attached hydrogens (tertiary/aromatic N) is 1. The van der Waals surface area contributed by atoms with E-state index in [1.807, 2.05) is 30.3 Å². The van der Waals surface area contributed by atoms with E-state index in [-0.39, 0.29) is 19.1 Å². The summed E-state index contributed by atoms with van der Waals surface area (Å²) in [6.45, 7) is 1.56. The molecule has 2 bridgehead atoms. The Balaban J connectivity index is 1.53. The topological polar surface area (TPSA) is 105 Å². The lowest BCUT2D eigenvalue weighted by Gasteiger charge is -2.36. The molecule has 190 valence electrons. The van der Waals surface area contributed by atoms with Crippen LogP contribution in [-0.2, 0) is 30.3 Å². The molecule has 0 radical (unpaired) electrons. The minimum absolute atomic E-state index is 0.188. The lowest BCUT2D eigenvalue weighted by Crippen LogP contribution is -2.56. The Morgan fingerprint density at radius 2 is 1.94 bits per heavy atom. The highest BCUT2D eigenvalue weighted by atomic mass is 35.5. The third kappa shape index (κ3) is 4.07. The van der Waals surface area contributed by atoms with Crippen LogP contribution in [0.1, 0.15) is 25.3 Å². The Bertz CT molecular complexity index is 1140. The molecule has 6 atom stereocenters. The quantitative estimate of drug-likeness (QED) is 0.527. The second-order valence-corrected chi connectivity index (χ2v) is 10.0. The highest BCUT2D eigenvalue weighted by molar-refractivity contribution is 6.30. The Hall–Kier alpha value is -2.94. The van der Waals surface area contributed by atoms with Crippen molar-refractivity contribution in [1.82, 2.24) is 4.90 Å². The molecule has 9 heteroatoms. The molecule has 5 rings (SSSR count). The van der Waals surface area contributed by atoms with Crippen LogP contribution in [0.5, 0.6) is 0 Å². The summed E-state index contributed by atoms with van der Waals surface area (Å²) in [5.74, 6) is -2.89. The molecule has 3 fully saturated rings. The molecule has 2 amide bonds. The molecule has 3 aliphatic rings. The second kappa shape index (κ2) is 9.84. The van der Waals surface area contributed by atoms with Crippen molar-refractivity contribution in [2.24, 2.45) is 11.8 Å². The predicted octanol–water partition coefficient (Wildman–Crippen LogP) is 2.82. The van der Waals surface area contributed by atoms with E-state index in [0.29, 0.717) is 30.0 Å². The number of halogens is 1. The van der Waals surface area contributed by atoms with Crippen molar-refractivity contribution < 1.29 is 29.0 Å². The zero-order valence-electron chi connectivity index (χ0n) is 19.9. The van der Waals surface area contributed by atoms with Crippen LogP contribution in [-0.4, -0.2) is 64.8 Å². The first-order valence-corrected chi connectivity index (χ1v) is 12.6. The number of rotatable bonds is 8.